The number of nitrogens with zero attached hydrogens (tertiary/aromatic N) is 2. The predicted octanol–water partition coefficient (Wildman–Crippen LogP) is 2.38. The van der Waals surface area contributed by atoms with Gasteiger partial charge < -0.3 is 10.0 Å². The number of rotatable bonds is 2. The Morgan fingerprint density at radius 2 is 1.70 bits per heavy atom. The number of aliphatic hydroxyl groups is 1. The second-order valence-electron chi connectivity index (χ2n) is 6.16. The number of aliphatic hydroxyl groups excluding tert-OH is 1. The van der Waals surface area contributed by atoms with Crippen LogP contribution >= 0.6 is 0 Å². The Bertz CT molecular complexity index is 477. The molecule has 3 nitrogen and oxygen atoms in total. The van der Waals surface area contributed by atoms with Gasteiger partial charge in [0.15, 0.2) is 5.82 Å². The number of halogens is 2. The lowest BCUT2D eigenvalue weighted by atomic mass is 10.0. The van der Waals surface area contributed by atoms with Crippen LogP contribution in [0.1, 0.15) is 26.3 Å². The van der Waals surface area contributed by atoms with Crippen LogP contribution in [-0.4, -0.2) is 41.7 Å². The Labute approximate surface area is 118 Å². The highest BCUT2D eigenvalue weighted by Crippen LogP contribution is 2.27. The highest BCUT2D eigenvalue weighted by molar-refractivity contribution is 5.51. The molecule has 0 saturated carbocycles. The first-order valence-corrected chi connectivity index (χ1v) is 6.92. The molecule has 0 radical (unpaired) electrons. The summed E-state index contributed by atoms with van der Waals surface area (Å²) < 4.78 is 27.6. The molecule has 2 rings (SSSR count). The highest BCUT2D eigenvalue weighted by atomic mass is 19.1. The van der Waals surface area contributed by atoms with Crippen LogP contribution in [0.25, 0.3) is 0 Å². The van der Waals surface area contributed by atoms with E-state index in [2.05, 4.69) is 25.7 Å². The monoisotopic (exact) mass is 284 g/mol. The standard InChI is InChI=1S/C15H22F2N2O/c1-15(2,3)19-8-6-18(7-9-19)13-5-4-12(16)11(10-20)14(13)17/h4-5,20H,6-10H2,1-3H3. The second kappa shape index (κ2) is 5.66. The van der Waals surface area contributed by atoms with Gasteiger partial charge in [0.1, 0.15) is 5.82 Å². The molecule has 0 aliphatic carbocycles. The van der Waals surface area contributed by atoms with E-state index in [4.69, 9.17) is 5.11 Å². The molecule has 1 saturated heterocycles. The molecule has 0 spiro atoms. The maximum atomic E-state index is 14.2. The smallest absolute Gasteiger partial charge is 0.154 e. The van der Waals surface area contributed by atoms with E-state index in [0.717, 1.165) is 13.1 Å². The molecule has 0 amide bonds. The molecule has 1 aromatic rings. The van der Waals surface area contributed by atoms with Gasteiger partial charge in [0.2, 0.25) is 0 Å². The van der Waals surface area contributed by atoms with Crippen LogP contribution in [0.15, 0.2) is 12.1 Å². The molecule has 0 bridgehead atoms. The summed E-state index contributed by atoms with van der Waals surface area (Å²) in [6.07, 6.45) is 0. The lowest BCUT2D eigenvalue weighted by molar-refractivity contribution is 0.128. The van der Waals surface area contributed by atoms with E-state index in [0.29, 0.717) is 18.8 Å². The fourth-order valence-corrected chi connectivity index (χ4v) is 2.59. The molecule has 1 fully saturated rings. The number of hydrogen-bond acceptors (Lipinski definition) is 3. The first kappa shape index (κ1) is 15.2. The molecule has 1 aliphatic heterocycles. The van der Waals surface area contributed by atoms with Crippen LogP contribution in [0.3, 0.4) is 0 Å². The zero-order valence-corrected chi connectivity index (χ0v) is 12.3. The summed E-state index contributed by atoms with van der Waals surface area (Å²) in [6, 6.07) is 2.68. The van der Waals surface area contributed by atoms with Crippen molar-refractivity contribution in [1.29, 1.82) is 0 Å². The van der Waals surface area contributed by atoms with Gasteiger partial charge in [0, 0.05) is 31.7 Å². The van der Waals surface area contributed by atoms with Crippen molar-refractivity contribution in [2.75, 3.05) is 31.1 Å². The Morgan fingerprint density at radius 1 is 1.10 bits per heavy atom. The van der Waals surface area contributed by atoms with Gasteiger partial charge in [-0.3, -0.25) is 4.90 Å². The molecule has 1 N–H and O–H groups in total. The minimum absolute atomic E-state index is 0.101. The fraction of sp³-hybridized carbons (Fsp3) is 0.600. The van der Waals surface area contributed by atoms with Gasteiger partial charge in [0.25, 0.3) is 0 Å². The van der Waals surface area contributed by atoms with Crippen molar-refractivity contribution in [3.63, 3.8) is 0 Å². The molecule has 1 aromatic carbocycles. The van der Waals surface area contributed by atoms with Gasteiger partial charge in [0.05, 0.1) is 17.9 Å². The van der Waals surface area contributed by atoms with Crippen molar-refractivity contribution in [3.05, 3.63) is 29.3 Å². The number of anilines is 1. The average Bonchev–Trinajstić information content (AvgIpc) is 2.38. The van der Waals surface area contributed by atoms with Gasteiger partial charge in [-0.1, -0.05) is 0 Å². The van der Waals surface area contributed by atoms with Crippen molar-refractivity contribution in [2.45, 2.75) is 32.9 Å². The van der Waals surface area contributed by atoms with Crippen molar-refractivity contribution in [1.82, 2.24) is 4.90 Å². The third-order valence-electron chi connectivity index (χ3n) is 3.89. The molecule has 0 aromatic heterocycles. The van der Waals surface area contributed by atoms with Crippen molar-refractivity contribution in [3.8, 4) is 0 Å². The van der Waals surface area contributed by atoms with Crippen LogP contribution < -0.4 is 4.90 Å². The van der Waals surface area contributed by atoms with Gasteiger partial charge in [-0.05, 0) is 32.9 Å². The minimum Gasteiger partial charge on any atom is -0.391 e. The van der Waals surface area contributed by atoms with Crippen LogP contribution in [0.2, 0.25) is 0 Å². The Balaban J connectivity index is 2.15. The Kier molecular flexibility index (Phi) is 4.30. The van der Waals surface area contributed by atoms with E-state index in [1.54, 1.807) is 0 Å². The molecule has 20 heavy (non-hydrogen) atoms. The lowest BCUT2D eigenvalue weighted by Crippen LogP contribution is -2.53. The summed E-state index contributed by atoms with van der Waals surface area (Å²) >= 11 is 0. The quantitative estimate of drug-likeness (QED) is 0.903. The van der Waals surface area contributed by atoms with E-state index < -0.39 is 18.2 Å². The molecule has 1 aliphatic rings. The van der Waals surface area contributed by atoms with E-state index in [-0.39, 0.29) is 11.1 Å². The van der Waals surface area contributed by atoms with Crippen molar-refractivity contribution in [2.24, 2.45) is 0 Å². The molecular weight excluding hydrogens is 262 g/mol. The summed E-state index contributed by atoms with van der Waals surface area (Å²) in [6.45, 7) is 8.94. The molecule has 0 unspecified atom stereocenters. The van der Waals surface area contributed by atoms with E-state index in [1.807, 2.05) is 4.90 Å². The lowest BCUT2D eigenvalue weighted by Gasteiger charge is -2.43. The SMILES string of the molecule is CC(C)(C)N1CCN(c2ccc(F)c(CO)c2F)CC1. The summed E-state index contributed by atoms with van der Waals surface area (Å²) in [7, 11) is 0. The summed E-state index contributed by atoms with van der Waals surface area (Å²) in [5, 5.41) is 9.06. The van der Waals surface area contributed by atoms with E-state index in [9.17, 15) is 8.78 Å². The maximum Gasteiger partial charge on any atom is 0.154 e. The van der Waals surface area contributed by atoms with E-state index >= 15 is 0 Å². The largest absolute Gasteiger partial charge is 0.391 e. The first-order chi connectivity index (χ1) is 9.34. The van der Waals surface area contributed by atoms with Crippen molar-refractivity contribution >= 4 is 5.69 Å². The van der Waals surface area contributed by atoms with Gasteiger partial charge in [-0.25, -0.2) is 8.78 Å². The molecule has 112 valence electrons. The maximum absolute atomic E-state index is 14.2. The summed E-state index contributed by atoms with van der Waals surface area (Å²) in [5.74, 6) is -1.33. The third kappa shape index (κ3) is 2.94. The topological polar surface area (TPSA) is 26.7 Å². The predicted molar refractivity (Wildman–Crippen MR) is 75.8 cm³/mol. The van der Waals surface area contributed by atoms with Gasteiger partial charge in [-0.2, -0.15) is 0 Å². The zero-order valence-electron chi connectivity index (χ0n) is 12.3. The summed E-state index contributed by atoms with van der Waals surface area (Å²) in [4.78, 5) is 4.26. The van der Waals surface area contributed by atoms with E-state index in [1.165, 1.54) is 12.1 Å². The van der Waals surface area contributed by atoms with Crippen LogP contribution in [0.4, 0.5) is 14.5 Å². The van der Waals surface area contributed by atoms with Gasteiger partial charge >= 0.3 is 0 Å². The molecule has 5 heteroatoms. The Hall–Kier alpha value is -1.20. The molecular formula is C15H22F2N2O. The second-order valence-corrected chi connectivity index (χ2v) is 6.16. The number of hydrogen-bond donors (Lipinski definition) is 1. The fourth-order valence-electron chi connectivity index (χ4n) is 2.59. The third-order valence-corrected chi connectivity index (χ3v) is 3.89. The van der Waals surface area contributed by atoms with Crippen molar-refractivity contribution < 1.29 is 13.9 Å². The average molecular weight is 284 g/mol. The van der Waals surface area contributed by atoms with Crippen LogP contribution in [0, 0.1) is 11.6 Å². The summed E-state index contributed by atoms with van der Waals surface area (Å²) in [5.41, 5.74) is 0.230. The minimum atomic E-state index is -0.693. The first-order valence-electron chi connectivity index (χ1n) is 6.92. The normalized spacial score (nSPS) is 17.6. The Morgan fingerprint density at radius 3 is 2.20 bits per heavy atom. The highest BCUT2D eigenvalue weighted by Gasteiger charge is 2.27. The molecule has 1 heterocycles. The zero-order chi connectivity index (χ0) is 14.9. The number of benzene rings is 1. The molecule has 0 atom stereocenters. The van der Waals surface area contributed by atoms with Gasteiger partial charge in [-0.15, -0.1) is 0 Å². The van der Waals surface area contributed by atoms with Crippen LogP contribution in [0.5, 0.6) is 0 Å². The van der Waals surface area contributed by atoms with Crippen LogP contribution in [-0.2, 0) is 6.61 Å². The number of piperazine rings is 1.